The van der Waals surface area contributed by atoms with Crippen molar-refractivity contribution in [1.29, 1.82) is 0 Å². The number of fused-ring (bicyclic) bond motifs is 1. The lowest BCUT2D eigenvalue weighted by molar-refractivity contribution is -0.132. The minimum absolute atomic E-state index is 0.102. The van der Waals surface area contributed by atoms with Gasteiger partial charge in [0.15, 0.2) is 5.96 Å². The molecule has 4 amide bonds. The zero-order chi connectivity index (χ0) is 36.2. The zero-order valence-corrected chi connectivity index (χ0v) is 28.3. The first kappa shape index (κ1) is 36.8. The number of benzene rings is 3. The Bertz CT molecular complexity index is 1890. The zero-order valence-electron chi connectivity index (χ0n) is 28.3. The molecule has 50 heavy (non-hydrogen) atoms. The minimum atomic E-state index is -1.06. The Morgan fingerprint density at radius 2 is 1.48 bits per heavy atom. The highest BCUT2D eigenvalue weighted by Gasteiger charge is 2.32. The van der Waals surface area contributed by atoms with Crippen LogP contribution in [0.5, 0.6) is 0 Å². The second kappa shape index (κ2) is 17.4. The Morgan fingerprint density at radius 3 is 2.14 bits per heavy atom. The third-order valence-corrected chi connectivity index (χ3v) is 7.98. The van der Waals surface area contributed by atoms with E-state index in [1.165, 1.54) is 12.1 Å². The van der Waals surface area contributed by atoms with Crippen molar-refractivity contribution in [1.82, 2.24) is 16.0 Å². The number of nitrogens with one attached hydrogen (secondary N) is 4. The molecule has 0 radical (unpaired) electrons. The summed E-state index contributed by atoms with van der Waals surface area (Å²) in [5.41, 5.74) is 13.0. The molecule has 8 N–H and O–H groups in total. The first-order valence-electron chi connectivity index (χ1n) is 16.3. The van der Waals surface area contributed by atoms with Crippen molar-refractivity contribution in [3.05, 3.63) is 112 Å². The van der Waals surface area contributed by atoms with E-state index in [9.17, 15) is 24.0 Å². The lowest BCUT2D eigenvalue weighted by Crippen LogP contribution is -2.58. The Hall–Kier alpha value is -5.98. The number of rotatable bonds is 15. The normalized spacial score (nSPS) is 12.7. The quantitative estimate of drug-likeness (QED) is 0.0474. The van der Waals surface area contributed by atoms with E-state index in [-0.39, 0.29) is 25.3 Å². The van der Waals surface area contributed by atoms with Gasteiger partial charge in [0.2, 0.25) is 17.7 Å². The van der Waals surface area contributed by atoms with Crippen LogP contribution in [0.4, 0.5) is 5.69 Å². The van der Waals surface area contributed by atoms with Gasteiger partial charge in [-0.2, -0.15) is 0 Å². The number of carbonyl (C=O) groups excluding carboxylic acids is 4. The summed E-state index contributed by atoms with van der Waals surface area (Å²) in [6.45, 7) is 5.52. The van der Waals surface area contributed by atoms with Crippen LogP contribution in [0.1, 0.15) is 48.2 Å². The third-order valence-electron chi connectivity index (χ3n) is 7.98. The minimum Gasteiger partial charge on any atom is -0.423 e. The van der Waals surface area contributed by atoms with Gasteiger partial charge in [-0.3, -0.25) is 24.2 Å². The molecule has 13 nitrogen and oxygen atoms in total. The van der Waals surface area contributed by atoms with Crippen molar-refractivity contribution in [3.63, 3.8) is 0 Å². The highest BCUT2D eigenvalue weighted by molar-refractivity contribution is 6.01. The molecule has 0 bridgehead atoms. The van der Waals surface area contributed by atoms with E-state index in [1.807, 2.05) is 30.3 Å². The number of anilines is 1. The van der Waals surface area contributed by atoms with E-state index in [1.54, 1.807) is 63.2 Å². The first-order chi connectivity index (χ1) is 23.9. The molecule has 4 aromatic rings. The van der Waals surface area contributed by atoms with Crippen LogP contribution < -0.4 is 38.4 Å². The summed E-state index contributed by atoms with van der Waals surface area (Å²) in [6, 6.07) is 20.9. The van der Waals surface area contributed by atoms with Gasteiger partial charge < -0.3 is 37.2 Å². The maximum Gasteiger partial charge on any atom is 0.336 e. The monoisotopic (exact) mass is 681 g/mol. The van der Waals surface area contributed by atoms with Crippen LogP contribution in [0.15, 0.2) is 99.1 Å². The molecule has 13 heteroatoms. The molecule has 4 rings (SSSR count). The van der Waals surface area contributed by atoms with E-state index in [0.29, 0.717) is 28.6 Å². The molecule has 3 atom stereocenters. The van der Waals surface area contributed by atoms with Crippen LogP contribution in [-0.2, 0) is 20.8 Å². The summed E-state index contributed by atoms with van der Waals surface area (Å²) < 4.78 is 5.31. The summed E-state index contributed by atoms with van der Waals surface area (Å²) in [7, 11) is 0. The average molecular weight is 682 g/mol. The van der Waals surface area contributed by atoms with Crippen molar-refractivity contribution < 1.29 is 23.6 Å². The number of carbonyl (C=O) groups is 4. The molecule has 1 aromatic heterocycles. The maximum absolute atomic E-state index is 13.8. The molecule has 3 aromatic carbocycles. The summed E-state index contributed by atoms with van der Waals surface area (Å²) in [4.78, 5) is 70.1. The smallest absolute Gasteiger partial charge is 0.336 e. The van der Waals surface area contributed by atoms with E-state index in [2.05, 4.69) is 26.3 Å². The molecule has 0 aliphatic rings. The highest BCUT2D eigenvalue weighted by atomic mass is 16.4. The van der Waals surface area contributed by atoms with Crippen LogP contribution in [0.25, 0.3) is 11.0 Å². The molecule has 0 saturated carbocycles. The number of aliphatic imine (C=N–C) groups is 1. The molecule has 0 aliphatic heterocycles. The van der Waals surface area contributed by atoms with Crippen LogP contribution in [0.3, 0.4) is 0 Å². The van der Waals surface area contributed by atoms with Gasteiger partial charge in [0.1, 0.15) is 23.7 Å². The van der Waals surface area contributed by atoms with Crippen molar-refractivity contribution in [3.8, 4) is 0 Å². The van der Waals surface area contributed by atoms with E-state index < -0.39 is 53.3 Å². The number of guanidine groups is 1. The largest absolute Gasteiger partial charge is 0.423 e. The van der Waals surface area contributed by atoms with E-state index in [0.717, 1.165) is 11.1 Å². The number of aryl methyl sites for hydroxylation is 1. The summed E-state index contributed by atoms with van der Waals surface area (Å²) in [5.74, 6) is -2.62. The van der Waals surface area contributed by atoms with Gasteiger partial charge in [-0.25, -0.2) is 4.79 Å². The molecular weight excluding hydrogens is 638 g/mol. The van der Waals surface area contributed by atoms with Crippen molar-refractivity contribution in [2.45, 2.75) is 58.2 Å². The second-order valence-corrected chi connectivity index (χ2v) is 12.3. The Balaban J connectivity index is 1.53. The molecule has 0 aliphatic carbocycles. The van der Waals surface area contributed by atoms with E-state index in [4.69, 9.17) is 15.9 Å². The fraction of sp³-hybridized carbons (Fsp3) is 0.297. The van der Waals surface area contributed by atoms with Gasteiger partial charge >= 0.3 is 5.63 Å². The fourth-order valence-electron chi connectivity index (χ4n) is 5.34. The number of nitrogens with two attached hydrogens (primary N) is 2. The summed E-state index contributed by atoms with van der Waals surface area (Å²) >= 11 is 0. The summed E-state index contributed by atoms with van der Waals surface area (Å²) in [6.07, 6.45) is 0.697. The lowest BCUT2D eigenvalue weighted by Gasteiger charge is -2.27. The van der Waals surface area contributed by atoms with Gasteiger partial charge in [-0.1, -0.05) is 62.4 Å². The predicted octanol–water partition coefficient (Wildman–Crippen LogP) is 2.76. The van der Waals surface area contributed by atoms with Crippen molar-refractivity contribution in [2.24, 2.45) is 22.4 Å². The Kier molecular flexibility index (Phi) is 12.8. The maximum atomic E-state index is 13.8. The molecule has 1 heterocycles. The topological polar surface area (TPSA) is 211 Å². The van der Waals surface area contributed by atoms with Gasteiger partial charge in [-0.15, -0.1) is 0 Å². The Labute approximate surface area is 289 Å². The first-order valence-corrected chi connectivity index (χ1v) is 16.3. The standard InChI is InChI=1S/C37H43N7O6/c1-22(2)32(44-35(48)29(20-24-11-6-4-7-12-24)43-33(46)25-13-8-5-9-14-25)36(49)42-28(15-10-18-40-37(38)39)34(47)41-26-16-17-27-23(3)19-31(45)50-30(27)21-26/h4-9,11-14,16-17,19,21-22,28-29,32H,10,15,18,20H2,1-3H3,(H,41,47)(H,42,49)(H,43,46)(H,44,48)(H4,38,39,40)/t28-,29-,32-/m0/s1. The van der Waals surface area contributed by atoms with E-state index >= 15 is 0 Å². The van der Waals surface area contributed by atoms with Crippen LogP contribution in [0.2, 0.25) is 0 Å². The van der Waals surface area contributed by atoms with Gasteiger partial charge in [0, 0.05) is 41.7 Å². The van der Waals surface area contributed by atoms with Crippen molar-refractivity contribution >= 4 is 46.2 Å². The van der Waals surface area contributed by atoms with Gasteiger partial charge in [-0.05, 0) is 61.1 Å². The van der Waals surface area contributed by atoms with Gasteiger partial charge in [0.25, 0.3) is 5.91 Å². The van der Waals surface area contributed by atoms with Crippen LogP contribution in [0, 0.1) is 12.8 Å². The molecular formula is C37H43N7O6. The molecule has 0 saturated heterocycles. The fourth-order valence-corrected chi connectivity index (χ4v) is 5.34. The SMILES string of the molecule is Cc1cc(=O)oc2cc(NC(=O)[C@H](CCCN=C(N)N)NC(=O)[C@@H](NC(=O)[C@H](Cc3ccccc3)NC(=O)c3ccccc3)C(C)C)ccc12. The third kappa shape index (κ3) is 10.5. The lowest BCUT2D eigenvalue weighted by atomic mass is 10.00. The molecule has 262 valence electrons. The second-order valence-electron chi connectivity index (χ2n) is 12.3. The number of hydrogen-bond donors (Lipinski definition) is 6. The summed E-state index contributed by atoms with van der Waals surface area (Å²) in [5, 5.41) is 11.9. The van der Waals surface area contributed by atoms with Crippen LogP contribution >= 0.6 is 0 Å². The van der Waals surface area contributed by atoms with Crippen molar-refractivity contribution in [2.75, 3.05) is 11.9 Å². The van der Waals surface area contributed by atoms with Gasteiger partial charge in [0.05, 0.1) is 0 Å². The molecule has 0 unspecified atom stereocenters. The molecule has 0 fully saturated rings. The molecule has 0 spiro atoms. The number of hydrogen-bond acceptors (Lipinski definition) is 7. The average Bonchev–Trinajstić information content (AvgIpc) is 3.08. The Morgan fingerprint density at radius 1 is 0.800 bits per heavy atom. The number of nitrogens with zero attached hydrogens (tertiary/aromatic N) is 1. The van der Waals surface area contributed by atoms with Crippen LogP contribution in [-0.4, -0.2) is 54.3 Å². The predicted molar refractivity (Wildman–Crippen MR) is 192 cm³/mol. The number of amides is 4. The highest BCUT2D eigenvalue weighted by Crippen LogP contribution is 2.21.